The minimum absolute atomic E-state index is 0.648. The molecular formula is C18H24Cl2N2O12. The van der Waals surface area contributed by atoms with Gasteiger partial charge in [-0.05, 0) is 0 Å². The maximum absolute atomic E-state index is 12.8. The lowest BCUT2D eigenvalue weighted by molar-refractivity contribution is -0.253. The summed E-state index contributed by atoms with van der Waals surface area (Å²) >= 11 is 12.1. The van der Waals surface area contributed by atoms with Crippen molar-refractivity contribution in [3.63, 3.8) is 0 Å². The predicted molar refractivity (Wildman–Crippen MR) is 110 cm³/mol. The van der Waals surface area contributed by atoms with Crippen molar-refractivity contribution >= 4 is 34.8 Å². The van der Waals surface area contributed by atoms with Crippen LogP contribution < -0.4 is 10.6 Å². The minimum Gasteiger partial charge on any atom is -0.394 e. The van der Waals surface area contributed by atoms with Crippen molar-refractivity contribution in [2.75, 3.05) is 13.2 Å². The number of Topliss-reactive ketones (excluding diaryl/α,β-unsaturated/α-hetero) is 2. The third-order valence-corrected chi connectivity index (χ3v) is 6.44. The van der Waals surface area contributed by atoms with Gasteiger partial charge in [0.2, 0.25) is 11.6 Å². The molecule has 14 nitrogen and oxygen atoms in total. The lowest BCUT2D eigenvalue weighted by Gasteiger charge is -2.42. The van der Waals surface area contributed by atoms with Gasteiger partial charge in [0.15, 0.2) is 12.6 Å². The topological polar surface area (TPSA) is 238 Å². The Morgan fingerprint density at radius 2 is 0.971 bits per heavy atom. The van der Waals surface area contributed by atoms with Gasteiger partial charge in [-0.1, -0.05) is 23.2 Å². The highest BCUT2D eigenvalue weighted by atomic mass is 35.5. The second kappa shape index (κ2) is 10.7. The van der Waals surface area contributed by atoms with Crippen molar-refractivity contribution in [3.05, 3.63) is 21.5 Å². The van der Waals surface area contributed by atoms with Crippen LogP contribution in [0.4, 0.5) is 0 Å². The Kier molecular flexibility index (Phi) is 8.55. The number of halogens is 2. The molecule has 2 aliphatic heterocycles. The first-order chi connectivity index (χ1) is 15.9. The molecule has 3 aliphatic rings. The number of allylic oxidation sites excluding steroid dienone is 2. The lowest BCUT2D eigenvalue weighted by Crippen LogP contribution is -2.64. The van der Waals surface area contributed by atoms with Crippen LogP contribution in [0.2, 0.25) is 0 Å². The van der Waals surface area contributed by atoms with E-state index in [4.69, 9.17) is 42.9 Å². The van der Waals surface area contributed by atoms with Gasteiger partial charge in [0, 0.05) is 0 Å². The van der Waals surface area contributed by atoms with Crippen LogP contribution >= 0.6 is 23.2 Å². The molecule has 34 heavy (non-hydrogen) atoms. The third kappa shape index (κ3) is 4.82. The largest absolute Gasteiger partial charge is 0.394 e. The number of ether oxygens (including phenoxy) is 2. The summed E-state index contributed by atoms with van der Waals surface area (Å²) in [6.45, 7) is -1.44. The number of aliphatic hydroxyl groups is 8. The van der Waals surface area contributed by atoms with Crippen molar-refractivity contribution in [2.24, 2.45) is 0 Å². The lowest BCUT2D eigenvalue weighted by atomic mass is 9.94. The Hall–Kier alpha value is -1.40. The van der Waals surface area contributed by atoms with E-state index in [0.717, 1.165) is 0 Å². The predicted octanol–water partition coefficient (Wildman–Crippen LogP) is -5.18. The summed E-state index contributed by atoms with van der Waals surface area (Å²) in [4.78, 5) is 25.6. The molecule has 1 aliphatic carbocycles. The van der Waals surface area contributed by atoms with Gasteiger partial charge in [-0.25, -0.2) is 0 Å². The van der Waals surface area contributed by atoms with Gasteiger partial charge < -0.3 is 61.0 Å². The van der Waals surface area contributed by atoms with E-state index in [-0.39, 0.29) is 0 Å². The van der Waals surface area contributed by atoms with Crippen LogP contribution in [0.15, 0.2) is 21.5 Å². The van der Waals surface area contributed by atoms with Crippen molar-refractivity contribution in [1.29, 1.82) is 0 Å². The first-order valence-corrected chi connectivity index (χ1v) is 10.7. The maximum atomic E-state index is 12.8. The fourth-order valence-electron chi connectivity index (χ4n) is 3.74. The minimum atomic E-state index is -1.83. The molecule has 0 unspecified atom stereocenters. The zero-order chi connectivity index (χ0) is 25.5. The van der Waals surface area contributed by atoms with E-state index >= 15 is 0 Å². The fraction of sp³-hybridized carbons (Fsp3) is 0.667. The average Bonchev–Trinajstić information content (AvgIpc) is 2.81. The summed E-state index contributed by atoms with van der Waals surface area (Å²) in [5, 5.41) is 82.1. The van der Waals surface area contributed by atoms with Crippen LogP contribution in [-0.4, -0.2) is 127 Å². The number of hydrogen-bond donors (Lipinski definition) is 10. The highest BCUT2D eigenvalue weighted by Gasteiger charge is 2.48. The second-order valence-electron chi connectivity index (χ2n) is 7.83. The molecule has 10 N–H and O–H groups in total. The van der Waals surface area contributed by atoms with E-state index in [9.17, 15) is 40.2 Å². The molecule has 0 aromatic carbocycles. The summed E-state index contributed by atoms with van der Waals surface area (Å²) in [5.74, 6) is -2.19. The second-order valence-corrected chi connectivity index (χ2v) is 8.59. The quantitative estimate of drug-likeness (QED) is 0.144. The molecule has 2 saturated heterocycles. The van der Waals surface area contributed by atoms with E-state index in [1.54, 1.807) is 0 Å². The first kappa shape index (κ1) is 27.2. The van der Waals surface area contributed by atoms with Crippen LogP contribution in [0.3, 0.4) is 0 Å². The van der Waals surface area contributed by atoms with Gasteiger partial charge in [-0.3, -0.25) is 9.59 Å². The van der Waals surface area contributed by atoms with E-state index in [2.05, 4.69) is 10.6 Å². The summed E-state index contributed by atoms with van der Waals surface area (Å²) in [5.41, 5.74) is -1.30. The number of ketones is 2. The van der Waals surface area contributed by atoms with Crippen LogP contribution in [0, 0.1) is 0 Å². The molecular weight excluding hydrogens is 507 g/mol. The molecule has 0 spiro atoms. The van der Waals surface area contributed by atoms with E-state index < -0.39 is 108 Å². The zero-order valence-corrected chi connectivity index (χ0v) is 18.7. The van der Waals surface area contributed by atoms with Crippen LogP contribution in [0.1, 0.15) is 0 Å². The summed E-state index contributed by atoms with van der Waals surface area (Å²) in [6, 6.07) is -3.11. The number of carbonyl (C=O) groups is 2. The Morgan fingerprint density at radius 3 is 1.26 bits per heavy atom. The van der Waals surface area contributed by atoms with Crippen LogP contribution in [0.5, 0.6) is 0 Å². The summed E-state index contributed by atoms with van der Waals surface area (Å²) in [6.07, 6.45) is -13.1. The number of rotatable bonds is 6. The van der Waals surface area contributed by atoms with Crippen molar-refractivity contribution < 1.29 is 59.9 Å². The SMILES string of the molecule is O=C1C(Cl)=C(N[C@H]2[C@@H](O)[C@@H](O)[C@@H](CO)O[C@H]2O)C(=O)C(Cl)=C1N[C@@H]1[C@H](O)[C@H](O)[C@H](CO)O[C@@H]1O. The smallest absolute Gasteiger partial charge is 0.224 e. The third-order valence-electron chi connectivity index (χ3n) is 5.71. The molecule has 2 heterocycles. The molecule has 0 bridgehead atoms. The Morgan fingerprint density at radius 1 is 0.647 bits per heavy atom. The maximum Gasteiger partial charge on any atom is 0.224 e. The average molecular weight is 531 g/mol. The highest BCUT2D eigenvalue weighted by molar-refractivity contribution is 6.55. The molecule has 2 fully saturated rings. The molecule has 0 radical (unpaired) electrons. The molecule has 0 amide bonds. The number of nitrogens with one attached hydrogen (secondary N) is 2. The van der Waals surface area contributed by atoms with Gasteiger partial charge in [-0.2, -0.15) is 0 Å². The fourth-order valence-corrected chi connectivity index (χ4v) is 4.21. The Bertz CT molecular complexity index is 815. The van der Waals surface area contributed by atoms with Crippen molar-refractivity contribution in [2.45, 2.75) is 61.3 Å². The van der Waals surface area contributed by atoms with Crippen LogP contribution in [0.25, 0.3) is 0 Å². The molecule has 0 aromatic heterocycles. The molecule has 0 aromatic rings. The van der Waals surface area contributed by atoms with Crippen molar-refractivity contribution in [1.82, 2.24) is 10.6 Å². The zero-order valence-electron chi connectivity index (χ0n) is 17.2. The van der Waals surface area contributed by atoms with Gasteiger partial charge in [-0.15, -0.1) is 0 Å². The van der Waals surface area contributed by atoms with Gasteiger partial charge >= 0.3 is 0 Å². The normalized spacial score (nSPS) is 41.7. The van der Waals surface area contributed by atoms with E-state index in [1.807, 2.05) is 0 Å². The summed E-state index contributed by atoms with van der Waals surface area (Å²) < 4.78 is 9.94. The van der Waals surface area contributed by atoms with E-state index in [0.29, 0.717) is 0 Å². The first-order valence-electron chi connectivity index (χ1n) is 9.97. The molecule has 0 saturated carbocycles. The molecule has 10 atom stereocenters. The van der Waals surface area contributed by atoms with Gasteiger partial charge in [0.25, 0.3) is 0 Å². The standard InChI is InChI=1S/C18H24Cl2N2O12/c19-5-7(21-9-15(29)11(25)3(1-23)33-17(9)31)13(27)6(20)8(14(5)28)22-10-16(30)12(26)4(2-24)34-18(10)32/h3-4,9-12,15-18,21-26,29-32H,1-2H2/t3-,4+,9+,10-,11+,12-,15-,16+,17-,18+. The number of aliphatic hydroxyl groups excluding tert-OH is 8. The molecule has 192 valence electrons. The van der Waals surface area contributed by atoms with E-state index in [1.165, 1.54) is 0 Å². The number of carbonyl (C=O) groups excluding carboxylic acids is 2. The molecule has 16 heteroatoms. The Balaban J connectivity index is 1.81. The van der Waals surface area contributed by atoms with Crippen molar-refractivity contribution in [3.8, 4) is 0 Å². The van der Waals surface area contributed by atoms with Gasteiger partial charge in [0.05, 0.1) is 13.2 Å². The Labute approximate surface area is 201 Å². The summed E-state index contributed by atoms with van der Waals surface area (Å²) in [7, 11) is 0. The molecule has 3 rings (SSSR count). The van der Waals surface area contributed by atoms with Crippen LogP contribution in [-0.2, 0) is 19.1 Å². The highest BCUT2D eigenvalue weighted by Crippen LogP contribution is 2.31. The van der Waals surface area contributed by atoms with Gasteiger partial charge in [0.1, 0.15) is 70.2 Å². The monoisotopic (exact) mass is 530 g/mol. The number of hydrogen-bond acceptors (Lipinski definition) is 14.